The molecule has 0 atom stereocenters. The van der Waals surface area contributed by atoms with Crippen molar-refractivity contribution in [2.24, 2.45) is 0 Å². The maximum atomic E-state index is 12.2. The Kier molecular flexibility index (Phi) is 4.89. The molecule has 1 aromatic carbocycles. The normalized spacial score (nSPS) is 10.9. The van der Waals surface area contributed by atoms with Crippen molar-refractivity contribution < 1.29 is 9.53 Å². The van der Waals surface area contributed by atoms with Gasteiger partial charge >= 0.3 is 0 Å². The van der Waals surface area contributed by atoms with Gasteiger partial charge in [-0.05, 0) is 38.5 Å². The Bertz CT molecular complexity index is 938. The molecule has 0 fully saturated rings. The zero-order valence-corrected chi connectivity index (χ0v) is 15.3. The number of methoxy groups -OCH3 is 1. The summed E-state index contributed by atoms with van der Waals surface area (Å²) in [5.74, 6) is 1.22. The van der Waals surface area contributed by atoms with E-state index in [9.17, 15) is 4.79 Å². The summed E-state index contributed by atoms with van der Waals surface area (Å²) in [5.41, 5.74) is 3.66. The average Bonchev–Trinajstić information content (AvgIpc) is 3.01. The van der Waals surface area contributed by atoms with E-state index in [1.54, 1.807) is 23.8 Å². The summed E-state index contributed by atoms with van der Waals surface area (Å²) in [5, 5.41) is 7.78. The molecule has 0 spiro atoms. The van der Waals surface area contributed by atoms with Gasteiger partial charge < -0.3 is 10.1 Å². The van der Waals surface area contributed by atoms with Crippen LogP contribution in [-0.4, -0.2) is 38.4 Å². The molecule has 0 bridgehead atoms. The lowest BCUT2D eigenvalue weighted by molar-refractivity contribution is -0.113. The fraction of sp³-hybridized carbons (Fsp3) is 0.294. The SMILES string of the molecule is COc1ccccc1NC(=O)CSc1nc2nc(C)c(C)c(C)n2n1. The molecule has 0 aliphatic heterocycles. The minimum atomic E-state index is -0.148. The smallest absolute Gasteiger partial charge is 0.253 e. The molecule has 2 aromatic heterocycles. The Morgan fingerprint density at radius 1 is 1.24 bits per heavy atom. The van der Waals surface area contributed by atoms with E-state index in [-0.39, 0.29) is 11.7 Å². The van der Waals surface area contributed by atoms with E-state index in [0.717, 1.165) is 17.0 Å². The molecule has 0 unspecified atom stereocenters. The quantitative estimate of drug-likeness (QED) is 0.707. The van der Waals surface area contributed by atoms with Crippen molar-refractivity contribution in [1.82, 2.24) is 19.6 Å². The molecule has 0 aliphatic rings. The maximum absolute atomic E-state index is 12.2. The van der Waals surface area contributed by atoms with Gasteiger partial charge in [-0.3, -0.25) is 4.79 Å². The third-order valence-electron chi connectivity index (χ3n) is 3.95. The highest BCUT2D eigenvalue weighted by molar-refractivity contribution is 7.99. The number of hydrogen-bond donors (Lipinski definition) is 1. The van der Waals surface area contributed by atoms with E-state index in [4.69, 9.17) is 4.74 Å². The monoisotopic (exact) mass is 357 g/mol. The van der Waals surface area contributed by atoms with Gasteiger partial charge in [-0.2, -0.15) is 4.98 Å². The van der Waals surface area contributed by atoms with Gasteiger partial charge in [0.05, 0.1) is 18.6 Å². The number of aromatic nitrogens is 4. The molecule has 1 N–H and O–H groups in total. The molecule has 0 aliphatic carbocycles. The van der Waals surface area contributed by atoms with E-state index < -0.39 is 0 Å². The van der Waals surface area contributed by atoms with E-state index in [0.29, 0.717) is 22.4 Å². The highest BCUT2D eigenvalue weighted by atomic mass is 32.2. The Morgan fingerprint density at radius 3 is 2.76 bits per heavy atom. The van der Waals surface area contributed by atoms with E-state index in [1.807, 2.05) is 32.9 Å². The standard InChI is InChI=1S/C17H19N5O2S/c1-10-11(2)18-16-20-17(21-22(16)12(10)3)25-9-15(23)19-13-7-5-6-8-14(13)24-4/h5-8H,9H2,1-4H3,(H,19,23). The van der Waals surface area contributed by atoms with Crippen LogP contribution in [-0.2, 0) is 4.79 Å². The largest absolute Gasteiger partial charge is 0.495 e. The van der Waals surface area contributed by atoms with E-state index in [1.165, 1.54) is 11.8 Å². The van der Waals surface area contributed by atoms with Gasteiger partial charge in [-0.1, -0.05) is 23.9 Å². The Balaban J connectivity index is 1.70. The molecule has 8 heteroatoms. The number of thioether (sulfide) groups is 1. The van der Waals surface area contributed by atoms with Crippen LogP contribution in [0.25, 0.3) is 5.78 Å². The van der Waals surface area contributed by atoms with Gasteiger partial charge in [-0.15, -0.1) is 5.10 Å². The van der Waals surface area contributed by atoms with Crippen LogP contribution in [0.3, 0.4) is 0 Å². The number of ether oxygens (including phenoxy) is 1. The first-order valence-corrected chi connectivity index (χ1v) is 8.74. The summed E-state index contributed by atoms with van der Waals surface area (Å²) >= 11 is 1.27. The van der Waals surface area contributed by atoms with Crippen LogP contribution >= 0.6 is 11.8 Å². The molecule has 1 amide bonds. The fourth-order valence-electron chi connectivity index (χ4n) is 2.36. The number of fused-ring (bicyclic) bond motifs is 1. The first-order chi connectivity index (χ1) is 12.0. The molecular weight excluding hydrogens is 338 g/mol. The third-order valence-corrected chi connectivity index (χ3v) is 4.79. The van der Waals surface area contributed by atoms with Crippen molar-refractivity contribution in [3.8, 4) is 5.75 Å². The van der Waals surface area contributed by atoms with Crippen LogP contribution in [0.1, 0.15) is 17.0 Å². The predicted molar refractivity (Wildman–Crippen MR) is 97.3 cm³/mol. The second-order valence-corrected chi connectivity index (χ2v) is 6.49. The molecule has 3 aromatic rings. The Morgan fingerprint density at radius 2 is 2.00 bits per heavy atom. The van der Waals surface area contributed by atoms with Gasteiger partial charge in [0, 0.05) is 11.4 Å². The van der Waals surface area contributed by atoms with Crippen molar-refractivity contribution in [2.75, 3.05) is 18.2 Å². The van der Waals surface area contributed by atoms with Crippen molar-refractivity contribution in [3.05, 3.63) is 41.2 Å². The lowest BCUT2D eigenvalue weighted by atomic mass is 10.2. The number of carbonyl (C=O) groups is 1. The molecule has 2 heterocycles. The zero-order valence-electron chi connectivity index (χ0n) is 14.5. The topological polar surface area (TPSA) is 81.4 Å². The number of nitrogens with zero attached hydrogens (tertiary/aromatic N) is 4. The molecule has 0 saturated heterocycles. The number of rotatable bonds is 5. The van der Waals surface area contributed by atoms with Gasteiger partial charge in [0.25, 0.3) is 5.78 Å². The molecule has 3 rings (SSSR count). The number of para-hydroxylation sites is 2. The summed E-state index contributed by atoms with van der Waals surface area (Å²) in [6.45, 7) is 5.94. The summed E-state index contributed by atoms with van der Waals surface area (Å²) in [6, 6.07) is 7.28. The number of aryl methyl sites for hydroxylation is 2. The molecule has 0 radical (unpaired) electrons. The molecule has 130 valence electrons. The number of anilines is 1. The van der Waals surface area contributed by atoms with Crippen molar-refractivity contribution in [2.45, 2.75) is 25.9 Å². The van der Waals surface area contributed by atoms with Crippen LogP contribution in [0.2, 0.25) is 0 Å². The number of carbonyl (C=O) groups excluding carboxylic acids is 1. The van der Waals surface area contributed by atoms with Crippen molar-refractivity contribution in [1.29, 1.82) is 0 Å². The van der Waals surface area contributed by atoms with Crippen molar-refractivity contribution in [3.63, 3.8) is 0 Å². The summed E-state index contributed by atoms with van der Waals surface area (Å²) in [7, 11) is 1.57. The van der Waals surface area contributed by atoms with Gasteiger partial charge in [0.15, 0.2) is 0 Å². The van der Waals surface area contributed by atoms with Crippen LogP contribution < -0.4 is 10.1 Å². The highest BCUT2D eigenvalue weighted by Gasteiger charge is 2.13. The van der Waals surface area contributed by atoms with Crippen LogP contribution in [0, 0.1) is 20.8 Å². The second kappa shape index (κ2) is 7.10. The first kappa shape index (κ1) is 17.2. The summed E-state index contributed by atoms with van der Waals surface area (Å²) in [4.78, 5) is 21.0. The molecule has 0 saturated carbocycles. The Labute approximate surface area is 149 Å². The zero-order chi connectivity index (χ0) is 18.0. The second-order valence-electron chi connectivity index (χ2n) is 5.55. The van der Waals surface area contributed by atoms with Crippen LogP contribution in [0.15, 0.2) is 29.4 Å². The molecule has 25 heavy (non-hydrogen) atoms. The highest BCUT2D eigenvalue weighted by Crippen LogP contribution is 2.24. The number of nitrogens with one attached hydrogen (secondary N) is 1. The van der Waals surface area contributed by atoms with E-state index in [2.05, 4.69) is 20.4 Å². The lowest BCUT2D eigenvalue weighted by Gasteiger charge is -2.08. The number of amides is 1. The Hall–Kier alpha value is -2.61. The predicted octanol–water partition coefficient (Wildman–Crippen LogP) is 2.79. The first-order valence-electron chi connectivity index (χ1n) is 7.76. The lowest BCUT2D eigenvalue weighted by Crippen LogP contribution is -2.14. The third kappa shape index (κ3) is 3.58. The fourth-order valence-corrected chi connectivity index (χ4v) is 2.98. The number of hydrogen-bond acceptors (Lipinski definition) is 6. The minimum absolute atomic E-state index is 0.148. The van der Waals surface area contributed by atoms with E-state index >= 15 is 0 Å². The average molecular weight is 357 g/mol. The van der Waals surface area contributed by atoms with Gasteiger partial charge in [0.1, 0.15) is 5.75 Å². The van der Waals surface area contributed by atoms with Crippen LogP contribution in [0.5, 0.6) is 5.75 Å². The maximum Gasteiger partial charge on any atom is 0.253 e. The summed E-state index contributed by atoms with van der Waals surface area (Å²) < 4.78 is 6.94. The van der Waals surface area contributed by atoms with Gasteiger partial charge in [0.2, 0.25) is 11.1 Å². The van der Waals surface area contributed by atoms with Crippen LogP contribution in [0.4, 0.5) is 5.69 Å². The minimum Gasteiger partial charge on any atom is -0.495 e. The van der Waals surface area contributed by atoms with Crippen molar-refractivity contribution >= 4 is 29.1 Å². The molecular formula is C17H19N5O2S. The summed E-state index contributed by atoms with van der Waals surface area (Å²) in [6.07, 6.45) is 0. The van der Waals surface area contributed by atoms with Gasteiger partial charge in [-0.25, -0.2) is 9.50 Å². The molecule has 7 nitrogen and oxygen atoms in total. The number of benzene rings is 1.